The molecule has 2 N–H and O–H groups in total. The Morgan fingerprint density at radius 2 is 1.64 bits per heavy atom. The largest absolute Gasteiger partial charge is 0.395 e. The summed E-state index contributed by atoms with van der Waals surface area (Å²) in [4.78, 5) is 2.10. The van der Waals surface area contributed by atoms with Crippen molar-refractivity contribution in [2.45, 2.75) is 13.8 Å². The number of halogens is 1. The molecule has 0 aliphatic rings. The van der Waals surface area contributed by atoms with E-state index in [4.69, 9.17) is 10.2 Å². The average molecular weight is 268 g/mol. The third-order valence-corrected chi connectivity index (χ3v) is 3.30. The maximum atomic E-state index is 8.85. The minimum atomic E-state index is 0.160. The molecular formula is C10H22BrNO2. The molecule has 0 aliphatic carbocycles. The van der Waals surface area contributed by atoms with Gasteiger partial charge in [0.2, 0.25) is 0 Å². The Morgan fingerprint density at radius 3 is 1.93 bits per heavy atom. The minimum Gasteiger partial charge on any atom is -0.395 e. The lowest BCUT2D eigenvalue weighted by atomic mass is 9.97. The number of nitrogens with zero attached hydrogens (tertiary/aromatic N) is 1. The molecule has 0 radical (unpaired) electrons. The molecule has 0 bridgehead atoms. The van der Waals surface area contributed by atoms with Gasteiger partial charge in [-0.1, -0.05) is 29.8 Å². The van der Waals surface area contributed by atoms with Gasteiger partial charge in [-0.3, -0.25) is 4.90 Å². The Hall–Kier alpha value is 0.360. The number of aliphatic hydroxyl groups is 2. The van der Waals surface area contributed by atoms with Gasteiger partial charge in [-0.05, 0) is 11.8 Å². The summed E-state index contributed by atoms with van der Waals surface area (Å²) in [5.41, 5.74) is 0. The van der Waals surface area contributed by atoms with Crippen molar-refractivity contribution < 1.29 is 10.2 Å². The SMILES string of the molecule is CC(C)C(CBr)CN(CCO)CCO. The van der Waals surface area contributed by atoms with Crippen molar-refractivity contribution in [3.05, 3.63) is 0 Å². The summed E-state index contributed by atoms with van der Waals surface area (Å²) in [5.74, 6) is 1.20. The van der Waals surface area contributed by atoms with Gasteiger partial charge in [-0.25, -0.2) is 0 Å². The van der Waals surface area contributed by atoms with Gasteiger partial charge in [-0.15, -0.1) is 0 Å². The van der Waals surface area contributed by atoms with E-state index in [1.54, 1.807) is 0 Å². The van der Waals surface area contributed by atoms with Crippen molar-refractivity contribution in [2.75, 3.05) is 38.2 Å². The fourth-order valence-electron chi connectivity index (χ4n) is 1.35. The highest BCUT2D eigenvalue weighted by Crippen LogP contribution is 2.15. The molecule has 0 amide bonds. The summed E-state index contributed by atoms with van der Waals surface area (Å²) >= 11 is 3.50. The van der Waals surface area contributed by atoms with Crippen molar-refractivity contribution in [2.24, 2.45) is 11.8 Å². The van der Waals surface area contributed by atoms with E-state index in [-0.39, 0.29) is 13.2 Å². The maximum Gasteiger partial charge on any atom is 0.0558 e. The Morgan fingerprint density at radius 1 is 1.14 bits per heavy atom. The number of alkyl halides is 1. The lowest BCUT2D eigenvalue weighted by Crippen LogP contribution is -2.36. The molecule has 0 rings (SSSR count). The average Bonchev–Trinajstić information content (AvgIpc) is 2.14. The summed E-state index contributed by atoms with van der Waals surface area (Å²) < 4.78 is 0. The van der Waals surface area contributed by atoms with E-state index < -0.39 is 0 Å². The Bertz CT molecular complexity index is 127. The summed E-state index contributed by atoms with van der Waals surface area (Å²) in [6.07, 6.45) is 0. The van der Waals surface area contributed by atoms with Gasteiger partial charge in [0, 0.05) is 25.0 Å². The second-order valence-corrected chi connectivity index (χ2v) is 4.55. The molecule has 86 valence electrons. The third kappa shape index (κ3) is 5.96. The van der Waals surface area contributed by atoms with E-state index in [1.807, 2.05) is 0 Å². The molecule has 3 nitrogen and oxygen atoms in total. The number of hydrogen-bond acceptors (Lipinski definition) is 3. The smallest absolute Gasteiger partial charge is 0.0558 e. The van der Waals surface area contributed by atoms with Crippen molar-refractivity contribution in [3.63, 3.8) is 0 Å². The molecule has 0 aromatic heterocycles. The molecule has 0 spiro atoms. The molecular weight excluding hydrogens is 246 g/mol. The Labute approximate surface area is 95.2 Å². The first-order valence-electron chi connectivity index (χ1n) is 5.15. The molecule has 1 unspecified atom stereocenters. The van der Waals surface area contributed by atoms with Crippen LogP contribution in [0.25, 0.3) is 0 Å². The first-order chi connectivity index (χ1) is 6.65. The quantitative estimate of drug-likeness (QED) is 0.644. The standard InChI is InChI=1S/C10H22BrNO2/c1-9(2)10(7-11)8-12(3-5-13)4-6-14/h9-10,13-14H,3-8H2,1-2H3. The molecule has 0 heterocycles. The zero-order valence-electron chi connectivity index (χ0n) is 9.12. The highest BCUT2D eigenvalue weighted by Gasteiger charge is 2.15. The first-order valence-corrected chi connectivity index (χ1v) is 6.27. The third-order valence-electron chi connectivity index (χ3n) is 2.47. The number of rotatable bonds is 8. The van der Waals surface area contributed by atoms with E-state index in [0.717, 1.165) is 11.9 Å². The monoisotopic (exact) mass is 267 g/mol. The van der Waals surface area contributed by atoms with Gasteiger partial charge in [0.25, 0.3) is 0 Å². The van der Waals surface area contributed by atoms with E-state index in [2.05, 4.69) is 34.7 Å². The summed E-state index contributed by atoms with van der Waals surface area (Å²) in [6, 6.07) is 0. The minimum absolute atomic E-state index is 0.160. The van der Waals surface area contributed by atoms with Crippen LogP contribution in [-0.4, -0.2) is 53.3 Å². The van der Waals surface area contributed by atoms with Crippen LogP contribution in [0.3, 0.4) is 0 Å². The molecule has 0 fully saturated rings. The van der Waals surface area contributed by atoms with Gasteiger partial charge in [0.15, 0.2) is 0 Å². The lowest BCUT2D eigenvalue weighted by molar-refractivity contribution is 0.139. The van der Waals surface area contributed by atoms with Crippen molar-refractivity contribution in [1.82, 2.24) is 4.90 Å². The maximum absolute atomic E-state index is 8.85. The molecule has 0 aromatic carbocycles. The van der Waals surface area contributed by atoms with E-state index in [0.29, 0.717) is 24.9 Å². The van der Waals surface area contributed by atoms with Crippen LogP contribution < -0.4 is 0 Å². The molecule has 14 heavy (non-hydrogen) atoms. The van der Waals surface area contributed by atoms with Gasteiger partial charge >= 0.3 is 0 Å². The van der Waals surface area contributed by atoms with Crippen LogP contribution in [0.5, 0.6) is 0 Å². The highest BCUT2D eigenvalue weighted by molar-refractivity contribution is 9.09. The lowest BCUT2D eigenvalue weighted by Gasteiger charge is -2.27. The number of aliphatic hydroxyl groups excluding tert-OH is 2. The van der Waals surface area contributed by atoms with Gasteiger partial charge in [0.1, 0.15) is 0 Å². The van der Waals surface area contributed by atoms with Crippen molar-refractivity contribution in [1.29, 1.82) is 0 Å². The van der Waals surface area contributed by atoms with Crippen LogP contribution in [-0.2, 0) is 0 Å². The predicted molar refractivity (Wildman–Crippen MR) is 62.7 cm³/mol. The van der Waals surface area contributed by atoms with Crippen LogP contribution in [0.4, 0.5) is 0 Å². The van der Waals surface area contributed by atoms with Crippen LogP contribution in [0.2, 0.25) is 0 Å². The fourth-order valence-corrected chi connectivity index (χ4v) is 2.30. The fraction of sp³-hybridized carbons (Fsp3) is 1.00. The van der Waals surface area contributed by atoms with Crippen LogP contribution in [0, 0.1) is 11.8 Å². The zero-order valence-corrected chi connectivity index (χ0v) is 10.7. The van der Waals surface area contributed by atoms with E-state index >= 15 is 0 Å². The van der Waals surface area contributed by atoms with Crippen molar-refractivity contribution in [3.8, 4) is 0 Å². The first kappa shape index (κ1) is 14.4. The summed E-state index contributed by atoms with van der Waals surface area (Å²) in [7, 11) is 0. The topological polar surface area (TPSA) is 43.7 Å². The van der Waals surface area contributed by atoms with Crippen LogP contribution in [0.1, 0.15) is 13.8 Å². The Balaban J connectivity index is 3.96. The van der Waals surface area contributed by atoms with E-state index in [9.17, 15) is 0 Å². The van der Waals surface area contributed by atoms with Crippen molar-refractivity contribution >= 4 is 15.9 Å². The zero-order chi connectivity index (χ0) is 11.0. The summed E-state index contributed by atoms with van der Waals surface area (Å²) in [5, 5.41) is 18.7. The molecule has 4 heteroatoms. The normalized spacial score (nSPS) is 13.9. The predicted octanol–water partition coefficient (Wildman–Crippen LogP) is 0.940. The molecule has 0 aliphatic heterocycles. The second-order valence-electron chi connectivity index (χ2n) is 3.91. The van der Waals surface area contributed by atoms with Crippen LogP contribution in [0.15, 0.2) is 0 Å². The second kappa shape index (κ2) is 8.65. The van der Waals surface area contributed by atoms with Gasteiger partial charge < -0.3 is 10.2 Å². The van der Waals surface area contributed by atoms with Gasteiger partial charge in [-0.2, -0.15) is 0 Å². The van der Waals surface area contributed by atoms with Gasteiger partial charge in [0.05, 0.1) is 13.2 Å². The number of hydrogen-bond donors (Lipinski definition) is 2. The van der Waals surface area contributed by atoms with E-state index in [1.165, 1.54) is 0 Å². The van der Waals surface area contributed by atoms with Crippen LogP contribution >= 0.6 is 15.9 Å². The molecule has 0 aromatic rings. The molecule has 0 saturated heterocycles. The summed E-state index contributed by atoms with van der Waals surface area (Å²) in [6.45, 7) is 6.95. The molecule has 1 atom stereocenters. The highest BCUT2D eigenvalue weighted by atomic mass is 79.9. The Kier molecular flexibility index (Phi) is 8.87. The molecule has 0 saturated carbocycles.